The Morgan fingerprint density at radius 3 is 2.73 bits per heavy atom. The first-order valence-electron chi connectivity index (χ1n) is 10.8. The van der Waals surface area contributed by atoms with E-state index in [0.29, 0.717) is 0 Å². The van der Waals surface area contributed by atoms with E-state index >= 15 is 0 Å². The molecular formula is C25H30N4O. The third kappa shape index (κ3) is 6.12. The van der Waals surface area contributed by atoms with Gasteiger partial charge in [0.2, 0.25) is 0 Å². The summed E-state index contributed by atoms with van der Waals surface area (Å²) in [5.74, 6) is 0.980. The molecule has 0 bridgehead atoms. The molecular weight excluding hydrogens is 372 g/mol. The summed E-state index contributed by atoms with van der Waals surface area (Å²) in [5, 5.41) is 3.43. The zero-order valence-corrected chi connectivity index (χ0v) is 17.5. The number of ether oxygens (including phenoxy) is 1. The van der Waals surface area contributed by atoms with Crippen molar-refractivity contribution in [3.63, 3.8) is 0 Å². The second-order valence-electron chi connectivity index (χ2n) is 7.80. The van der Waals surface area contributed by atoms with Crippen LogP contribution in [-0.4, -0.2) is 41.1 Å². The zero-order valence-electron chi connectivity index (χ0n) is 17.5. The van der Waals surface area contributed by atoms with Crippen LogP contribution in [-0.2, 0) is 25.9 Å². The number of nitrogens with zero attached hydrogens (tertiary/aromatic N) is 3. The molecule has 0 fully saturated rings. The molecule has 0 spiro atoms. The van der Waals surface area contributed by atoms with Crippen LogP contribution in [0.25, 0.3) is 0 Å². The topological polar surface area (TPSA) is 50.3 Å². The molecule has 0 aliphatic carbocycles. The molecule has 1 aliphatic rings. The van der Waals surface area contributed by atoms with Crippen LogP contribution < -0.4 is 10.1 Å². The summed E-state index contributed by atoms with van der Waals surface area (Å²) in [6.45, 7) is 5.66. The van der Waals surface area contributed by atoms with Crippen LogP contribution in [0.15, 0.2) is 67.3 Å². The van der Waals surface area contributed by atoms with Gasteiger partial charge >= 0.3 is 0 Å². The van der Waals surface area contributed by atoms with E-state index < -0.39 is 0 Å². The van der Waals surface area contributed by atoms with Crippen LogP contribution in [0.4, 0.5) is 0 Å². The minimum atomic E-state index is 0.728. The van der Waals surface area contributed by atoms with Gasteiger partial charge < -0.3 is 10.1 Å². The lowest BCUT2D eigenvalue weighted by molar-refractivity contribution is 0.229. The fourth-order valence-electron chi connectivity index (χ4n) is 3.87. The number of benzene rings is 1. The van der Waals surface area contributed by atoms with Crippen LogP contribution >= 0.6 is 0 Å². The summed E-state index contributed by atoms with van der Waals surface area (Å²) in [5.41, 5.74) is 5.38. The van der Waals surface area contributed by atoms with Crippen molar-refractivity contribution in [2.75, 3.05) is 26.2 Å². The summed E-state index contributed by atoms with van der Waals surface area (Å²) in [7, 11) is 0. The highest BCUT2D eigenvalue weighted by Crippen LogP contribution is 2.20. The van der Waals surface area contributed by atoms with Crippen LogP contribution in [0, 0.1) is 0 Å². The van der Waals surface area contributed by atoms with E-state index in [1.807, 2.05) is 30.9 Å². The minimum absolute atomic E-state index is 0.728. The van der Waals surface area contributed by atoms with Gasteiger partial charge in [-0.05, 0) is 78.4 Å². The number of aromatic nitrogens is 2. The van der Waals surface area contributed by atoms with Crippen molar-refractivity contribution in [1.82, 2.24) is 20.2 Å². The number of rotatable bonds is 10. The summed E-state index contributed by atoms with van der Waals surface area (Å²) in [6, 6.07) is 14.9. The van der Waals surface area contributed by atoms with Crippen LogP contribution in [0.1, 0.15) is 28.7 Å². The molecule has 0 atom stereocenters. The Morgan fingerprint density at radius 2 is 1.87 bits per heavy atom. The van der Waals surface area contributed by atoms with Crippen molar-refractivity contribution >= 4 is 0 Å². The summed E-state index contributed by atoms with van der Waals surface area (Å²) in [4.78, 5) is 10.9. The normalized spacial score (nSPS) is 13.2. The van der Waals surface area contributed by atoms with Crippen molar-refractivity contribution < 1.29 is 4.74 Å². The molecule has 30 heavy (non-hydrogen) atoms. The van der Waals surface area contributed by atoms with E-state index in [9.17, 15) is 0 Å². The molecule has 0 radical (unpaired) electrons. The number of hydrogen-bond donors (Lipinski definition) is 1. The highest BCUT2D eigenvalue weighted by Gasteiger charge is 2.10. The molecule has 3 heterocycles. The second-order valence-corrected chi connectivity index (χ2v) is 7.80. The van der Waals surface area contributed by atoms with Crippen molar-refractivity contribution in [3.8, 4) is 5.75 Å². The van der Waals surface area contributed by atoms with Crippen LogP contribution in [0.3, 0.4) is 0 Å². The van der Waals surface area contributed by atoms with Gasteiger partial charge in [-0.3, -0.25) is 14.9 Å². The summed E-state index contributed by atoms with van der Waals surface area (Å²) < 4.78 is 6.06. The number of pyridine rings is 2. The van der Waals surface area contributed by atoms with Crippen LogP contribution in [0.5, 0.6) is 5.75 Å². The van der Waals surface area contributed by atoms with Crippen LogP contribution in [0.2, 0.25) is 0 Å². The van der Waals surface area contributed by atoms with E-state index in [1.54, 1.807) is 0 Å². The van der Waals surface area contributed by atoms with Crippen molar-refractivity contribution in [2.45, 2.75) is 32.4 Å². The van der Waals surface area contributed by atoms with E-state index in [1.165, 1.54) is 22.3 Å². The van der Waals surface area contributed by atoms with Gasteiger partial charge in [-0.25, -0.2) is 0 Å². The Balaban J connectivity index is 1.28. The van der Waals surface area contributed by atoms with Gasteiger partial charge in [0.1, 0.15) is 5.75 Å². The molecule has 5 nitrogen and oxygen atoms in total. The molecule has 0 saturated heterocycles. The Hall–Kier alpha value is -2.76. The van der Waals surface area contributed by atoms with Gasteiger partial charge in [0, 0.05) is 51.0 Å². The maximum Gasteiger partial charge on any atom is 0.119 e. The van der Waals surface area contributed by atoms with Gasteiger partial charge in [0.05, 0.1) is 6.61 Å². The maximum absolute atomic E-state index is 6.06. The highest BCUT2D eigenvalue weighted by atomic mass is 16.5. The fourth-order valence-corrected chi connectivity index (χ4v) is 3.87. The third-order valence-corrected chi connectivity index (χ3v) is 5.55. The molecule has 156 valence electrons. The lowest BCUT2D eigenvalue weighted by Crippen LogP contribution is -2.28. The second kappa shape index (κ2) is 10.9. The Kier molecular flexibility index (Phi) is 7.42. The molecule has 0 amide bonds. The van der Waals surface area contributed by atoms with Crippen molar-refractivity contribution in [3.05, 3.63) is 89.5 Å². The number of hydrogen-bond acceptors (Lipinski definition) is 5. The molecule has 1 aromatic carbocycles. The number of fused-ring (bicyclic) bond motifs is 1. The maximum atomic E-state index is 6.06. The largest absolute Gasteiger partial charge is 0.494 e. The molecule has 3 aromatic rings. The van der Waals surface area contributed by atoms with Crippen molar-refractivity contribution in [2.24, 2.45) is 0 Å². The first-order valence-corrected chi connectivity index (χ1v) is 10.8. The Bertz CT molecular complexity index is 902. The third-order valence-electron chi connectivity index (χ3n) is 5.55. The lowest BCUT2D eigenvalue weighted by atomic mass is 10.0. The first kappa shape index (κ1) is 20.5. The van der Waals surface area contributed by atoms with Gasteiger partial charge in [0.25, 0.3) is 0 Å². The van der Waals surface area contributed by atoms with E-state index in [4.69, 9.17) is 4.74 Å². The average molecular weight is 403 g/mol. The molecule has 4 rings (SSSR count). The predicted molar refractivity (Wildman–Crippen MR) is 119 cm³/mol. The molecule has 0 unspecified atom stereocenters. The van der Waals surface area contributed by atoms with Gasteiger partial charge in [0.15, 0.2) is 0 Å². The van der Waals surface area contributed by atoms with E-state index in [0.717, 1.165) is 64.3 Å². The fraction of sp³-hybridized carbons (Fsp3) is 0.360. The molecule has 0 saturated carbocycles. The molecule has 1 aliphatic heterocycles. The summed E-state index contributed by atoms with van der Waals surface area (Å²) >= 11 is 0. The van der Waals surface area contributed by atoms with Crippen molar-refractivity contribution in [1.29, 1.82) is 0 Å². The van der Waals surface area contributed by atoms with Gasteiger partial charge in [-0.2, -0.15) is 0 Å². The minimum Gasteiger partial charge on any atom is -0.494 e. The lowest BCUT2D eigenvalue weighted by Gasteiger charge is -2.23. The molecule has 1 N–H and O–H groups in total. The smallest absolute Gasteiger partial charge is 0.119 e. The first-order chi connectivity index (χ1) is 14.9. The molecule has 2 aromatic heterocycles. The SMILES string of the molecule is c1cncc(CCN(CCCOc2ccc3c(c2)CNCC3)Cc2ccncc2)c1. The predicted octanol–water partition coefficient (Wildman–Crippen LogP) is 3.64. The monoisotopic (exact) mass is 402 g/mol. The molecule has 5 heteroatoms. The Morgan fingerprint density at radius 1 is 0.933 bits per heavy atom. The Labute approximate surface area is 179 Å². The van der Waals surface area contributed by atoms with Gasteiger partial charge in [-0.1, -0.05) is 12.1 Å². The van der Waals surface area contributed by atoms with Gasteiger partial charge in [-0.15, -0.1) is 0 Å². The number of nitrogens with one attached hydrogen (secondary N) is 1. The summed E-state index contributed by atoms with van der Waals surface area (Å²) in [6.07, 6.45) is 10.6. The van der Waals surface area contributed by atoms with E-state index in [-0.39, 0.29) is 0 Å². The quantitative estimate of drug-likeness (QED) is 0.525. The average Bonchev–Trinajstić information content (AvgIpc) is 2.81. The highest BCUT2D eigenvalue weighted by molar-refractivity contribution is 5.37. The van der Waals surface area contributed by atoms with E-state index in [2.05, 4.69) is 56.6 Å². The zero-order chi connectivity index (χ0) is 20.4. The standard InChI is InChI=1S/C25H30N4O/c1-3-21(18-27-10-1)9-15-29(20-22-6-11-26-12-7-22)14-2-16-30-25-5-4-23-8-13-28-19-24(23)17-25/h1,3-7,10-12,17-18,28H,2,8-9,13-16,19-20H2.